The molecule has 0 aromatic rings. The van der Waals surface area contributed by atoms with Gasteiger partial charge in [0, 0.05) is 24.7 Å². The van der Waals surface area contributed by atoms with Gasteiger partial charge in [-0.25, -0.2) is 0 Å². The Kier molecular flexibility index (Phi) is 6.86. The Balaban J connectivity index is 2.28. The Labute approximate surface area is 207 Å². The molecule has 0 aromatic heterocycles. The number of fused-ring (bicyclic) bond motifs is 3. The minimum atomic E-state index is -2.24. The van der Waals surface area contributed by atoms with Crippen molar-refractivity contribution in [3.8, 4) is 0 Å². The summed E-state index contributed by atoms with van der Waals surface area (Å²) in [6, 6.07) is 0. The van der Waals surface area contributed by atoms with Gasteiger partial charge in [0.15, 0.2) is 17.5 Å². The third-order valence-corrected chi connectivity index (χ3v) is 8.70. The lowest BCUT2D eigenvalue weighted by Gasteiger charge is -2.71. The molecule has 0 amide bonds. The first-order valence-electron chi connectivity index (χ1n) is 12.2. The lowest BCUT2D eigenvalue weighted by molar-refractivity contribution is -0.370. The van der Waals surface area contributed by atoms with Crippen LogP contribution < -0.4 is 0 Å². The normalized spacial score (nSPS) is 44.7. The van der Waals surface area contributed by atoms with Crippen molar-refractivity contribution in [2.45, 2.75) is 95.9 Å². The molecule has 9 heteroatoms. The second kappa shape index (κ2) is 8.64. The van der Waals surface area contributed by atoms with Gasteiger partial charge in [0.05, 0.1) is 18.2 Å². The van der Waals surface area contributed by atoms with E-state index in [2.05, 4.69) is 6.58 Å². The third kappa shape index (κ3) is 3.95. The van der Waals surface area contributed by atoms with E-state index in [1.807, 2.05) is 13.8 Å². The summed E-state index contributed by atoms with van der Waals surface area (Å²) in [4.78, 5) is 40.6. The monoisotopic (exact) mass is 495 g/mol. The number of esters is 2. The van der Waals surface area contributed by atoms with Crippen molar-refractivity contribution < 1.29 is 38.8 Å². The summed E-state index contributed by atoms with van der Waals surface area (Å²) in [5.41, 5.74) is -7.29. The number of rotatable bonds is 5. The van der Waals surface area contributed by atoms with Gasteiger partial charge in [0.25, 0.3) is 0 Å². The topological polar surface area (TPSA) is 123 Å². The van der Waals surface area contributed by atoms with Crippen molar-refractivity contribution in [1.82, 2.24) is 4.90 Å². The highest BCUT2D eigenvalue weighted by atomic mass is 16.6. The van der Waals surface area contributed by atoms with Crippen molar-refractivity contribution in [2.75, 3.05) is 20.6 Å². The minimum absolute atomic E-state index is 0.0218. The zero-order chi connectivity index (χ0) is 26.8. The molecule has 8 atom stereocenters. The van der Waals surface area contributed by atoms with E-state index in [1.54, 1.807) is 32.8 Å². The van der Waals surface area contributed by atoms with Gasteiger partial charge in [-0.3, -0.25) is 19.3 Å². The standard InChI is InChI=1S/C26H41NO8/c1-10-23(5)13-16(29)26(32)24(6)17(34-18(30)14-27(8)9)11-12-22(3,4)20(24)19(31)21(33-15(2)28)25(26,7)35-23/h10,17,19-21,31-32H,1,11-14H2,2-9H3/t17-,19-,20-,21-,23-,24-,25+,26-/m0/s1. The zero-order valence-electron chi connectivity index (χ0n) is 22.2. The number of nitrogens with zero attached hydrogens (tertiary/aromatic N) is 1. The number of ether oxygens (including phenoxy) is 3. The average molecular weight is 496 g/mol. The van der Waals surface area contributed by atoms with Crippen molar-refractivity contribution in [1.29, 1.82) is 0 Å². The van der Waals surface area contributed by atoms with E-state index < -0.39 is 69.6 Å². The fourth-order valence-electron chi connectivity index (χ4n) is 7.27. The van der Waals surface area contributed by atoms with Crippen LogP contribution in [0, 0.1) is 16.7 Å². The number of carbonyl (C=O) groups excluding carboxylic acids is 3. The molecule has 0 bridgehead atoms. The maximum absolute atomic E-state index is 14.0. The van der Waals surface area contributed by atoms with Crippen molar-refractivity contribution >= 4 is 17.7 Å². The van der Waals surface area contributed by atoms with Gasteiger partial charge < -0.3 is 24.4 Å². The molecule has 1 saturated heterocycles. The van der Waals surface area contributed by atoms with Crippen LogP contribution in [0.25, 0.3) is 0 Å². The summed E-state index contributed by atoms with van der Waals surface area (Å²) in [7, 11) is 3.48. The predicted octanol–water partition coefficient (Wildman–Crippen LogP) is 1.63. The molecule has 0 spiro atoms. The number of likely N-dealkylation sites (N-methyl/N-ethyl adjacent to an activating group) is 1. The van der Waals surface area contributed by atoms with Gasteiger partial charge in [-0.05, 0) is 46.2 Å². The molecule has 2 saturated carbocycles. The SMILES string of the molecule is C=C[C@@]1(C)CC(=O)[C@]2(O)[C@@]3(C)[C@@H](OC(=O)CN(C)C)CCC(C)(C)[C@@H]3[C@H](O)[C@H](OC(C)=O)[C@@]2(C)O1. The van der Waals surface area contributed by atoms with Crippen LogP contribution in [0.2, 0.25) is 0 Å². The maximum atomic E-state index is 14.0. The second-order valence-electron chi connectivity index (χ2n) is 12.1. The van der Waals surface area contributed by atoms with E-state index in [-0.39, 0.29) is 13.0 Å². The molecule has 1 heterocycles. The molecular weight excluding hydrogens is 454 g/mol. The highest BCUT2D eigenvalue weighted by molar-refractivity contribution is 5.92. The lowest BCUT2D eigenvalue weighted by Crippen LogP contribution is -2.87. The molecule has 198 valence electrons. The zero-order valence-corrected chi connectivity index (χ0v) is 22.2. The second-order valence-corrected chi connectivity index (χ2v) is 12.1. The summed E-state index contributed by atoms with van der Waals surface area (Å²) in [6.07, 6.45) is -1.29. The molecule has 0 unspecified atom stereocenters. The lowest BCUT2D eigenvalue weighted by atomic mass is 9.39. The largest absolute Gasteiger partial charge is 0.461 e. The molecule has 35 heavy (non-hydrogen) atoms. The molecule has 3 rings (SSSR count). The van der Waals surface area contributed by atoms with Crippen molar-refractivity contribution in [2.24, 2.45) is 16.7 Å². The summed E-state index contributed by atoms with van der Waals surface area (Å²) in [6.45, 7) is 13.7. The van der Waals surface area contributed by atoms with E-state index in [0.29, 0.717) is 12.8 Å². The number of hydrogen-bond acceptors (Lipinski definition) is 9. The Morgan fingerprint density at radius 1 is 1.20 bits per heavy atom. The summed E-state index contributed by atoms with van der Waals surface area (Å²) in [5, 5.41) is 24.4. The van der Waals surface area contributed by atoms with Gasteiger partial charge in [-0.1, -0.05) is 26.8 Å². The van der Waals surface area contributed by atoms with E-state index in [4.69, 9.17) is 14.2 Å². The smallest absolute Gasteiger partial charge is 0.320 e. The van der Waals surface area contributed by atoms with Gasteiger partial charge in [0.2, 0.25) is 0 Å². The molecule has 0 radical (unpaired) electrons. The number of aliphatic hydroxyl groups excluding tert-OH is 1. The molecule has 3 fully saturated rings. The fourth-order valence-corrected chi connectivity index (χ4v) is 7.27. The molecule has 9 nitrogen and oxygen atoms in total. The first-order chi connectivity index (χ1) is 15.9. The first-order valence-corrected chi connectivity index (χ1v) is 12.2. The van der Waals surface area contributed by atoms with Gasteiger partial charge in [0.1, 0.15) is 11.7 Å². The highest BCUT2D eigenvalue weighted by Crippen LogP contribution is 2.67. The summed E-state index contributed by atoms with van der Waals surface area (Å²) in [5.74, 6) is -2.46. The van der Waals surface area contributed by atoms with Crippen LogP contribution in [0.15, 0.2) is 12.7 Å². The van der Waals surface area contributed by atoms with E-state index in [1.165, 1.54) is 19.9 Å². The number of aliphatic hydroxyl groups is 2. The van der Waals surface area contributed by atoms with Crippen LogP contribution in [0.1, 0.15) is 60.8 Å². The summed E-state index contributed by atoms with van der Waals surface area (Å²) >= 11 is 0. The van der Waals surface area contributed by atoms with Crippen LogP contribution in [0.4, 0.5) is 0 Å². The molecule has 1 aliphatic heterocycles. The summed E-state index contributed by atoms with van der Waals surface area (Å²) < 4.78 is 17.9. The van der Waals surface area contributed by atoms with Crippen LogP contribution in [0.5, 0.6) is 0 Å². The van der Waals surface area contributed by atoms with Crippen LogP contribution in [-0.4, -0.2) is 88.6 Å². The molecule has 0 aromatic carbocycles. The number of Topliss-reactive ketones (excluding diaryl/α,β-unsaturated/α-hetero) is 1. The van der Waals surface area contributed by atoms with Gasteiger partial charge in [-0.2, -0.15) is 0 Å². The quantitative estimate of drug-likeness (QED) is 0.433. The van der Waals surface area contributed by atoms with E-state index >= 15 is 0 Å². The third-order valence-electron chi connectivity index (χ3n) is 8.70. The fraction of sp³-hybridized carbons (Fsp3) is 0.808. The first kappa shape index (κ1) is 27.8. The number of carbonyl (C=O) groups is 3. The van der Waals surface area contributed by atoms with Gasteiger partial charge in [-0.15, -0.1) is 6.58 Å². The predicted molar refractivity (Wildman–Crippen MR) is 127 cm³/mol. The highest BCUT2D eigenvalue weighted by Gasteiger charge is 2.82. The number of ketones is 1. The molecule has 2 N–H and O–H groups in total. The Morgan fingerprint density at radius 2 is 1.80 bits per heavy atom. The van der Waals surface area contributed by atoms with Crippen LogP contribution in [-0.2, 0) is 28.6 Å². The van der Waals surface area contributed by atoms with E-state index in [0.717, 1.165) is 0 Å². The molecule has 2 aliphatic carbocycles. The minimum Gasteiger partial charge on any atom is -0.461 e. The maximum Gasteiger partial charge on any atom is 0.320 e. The van der Waals surface area contributed by atoms with Gasteiger partial charge >= 0.3 is 11.9 Å². The van der Waals surface area contributed by atoms with Crippen molar-refractivity contribution in [3.05, 3.63) is 12.7 Å². The Morgan fingerprint density at radius 3 is 2.31 bits per heavy atom. The average Bonchev–Trinajstić information content (AvgIpc) is 2.70. The van der Waals surface area contributed by atoms with Crippen LogP contribution >= 0.6 is 0 Å². The molecule has 3 aliphatic rings. The van der Waals surface area contributed by atoms with E-state index in [9.17, 15) is 24.6 Å². The van der Waals surface area contributed by atoms with Crippen LogP contribution in [0.3, 0.4) is 0 Å². The van der Waals surface area contributed by atoms with Crippen molar-refractivity contribution in [3.63, 3.8) is 0 Å². The number of hydrogen-bond donors (Lipinski definition) is 2. The molecular formula is C26H41NO8. The Hall–Kier alpha value is -1.81. The Bertz CT molecular complexity index is 917.